The Morgan fingerprint density at radius 1 is 0.558 bits per heavy atom. The van der Waals surface area contributed by atoms with Crippen LogP contribution in [-0.2, 0) is 0 Å². The monoisotopic (exact) mass is 684 g/mol. The van der Waals surface area contributed by atoms with Crippen LogP contribution in [0.3, 0.4) is 0 Å². The molecule has 3 aliphatic carbocycles. The van der Waals surface area contributed by atoms with Crippen LogP contribution in [-0.4, -0.2) is 0 Å². The molecule has 0 spiro atoms. The van der Waals surface area contributed by atoms with Crippen molar-refractivity contribution in [2.75, 3.05) is 0 Å². The van der Waals surface area contributed by atoms with Gasteiger partial charge in [0.05, 0.1) is 0 Å². The van der Waals surface area contributed by atoms with Crippen molar-refractivity contribution in [2.24, 2.45) is 5.92 Å². The third-order valence-corrected chi connectivity index (χ3v) is 12.7. The number of fused-ring (bicyclic) bond motifs is 5. The topological polar surface area (TPSA) is 0 Å². The molecule has 0 aliphatic heterocycles. The van der Waals surface area contributed by atoms with E-state index in [1.165, 1.54) is 91.1 Å². The molecule has 10 rings (SSSR count). The van der Waals surface area contributed by atoms with Crippen molar-refractivity contribution in [3.8, 4) is 22.3 Å². The standard InChI is InChI=1S/C51H40S/c1-33-26-27-37(35-16-6-3-7-17-35)31-45(33)50-42-21-9-8-20-41(42)49(39-19-12-18-36(30-39)34-14-4-2-5-15-34)46-32-38(28-29-43(46)50)40-23-13-25-48-51(40)44-22-10-11-24-47(44)52-48/h2-7,10-12,14-22,24-33,45H,8-9,13,23H2,1H3/t33-,45?/m1/s1. The smallest absolute Gasteiger partial charge is 0.0355 e. The van der Waals surface area contributed by atoms with Crippen LogP contribution in [0.25, 0.3) is 72.5 Å². The molecule has 0 N–H and O–H groups in total. The van der Waals surface area contributed by atoms with Crippen LogP contribution in [0.15, 0.2) is 146 Å². The van der Waals surface area contributed by atoms with Gasteiger partial charge in [-0.2, -0.15) is 0 Å². The highest BCUT2D eigenvalue weighted by molar-refractivity contribution is 7.17. The van der Waals surface area contributed by atoms with Crippen molar-refractivity contribution in [1.82, 2.24) is 0 Å². The summed E-state index contributed by atoms with van der Waals surface area (Å²) in [7, 11) is 0. The molecule has 0 radical (unpaired) electrons. The lowest BCUT2D eigenvalue weighted by atomic mass is 9.76. The largest absolute Gasteiger partial charge is 0.136 e. The van der Waals surface area contributed by atoms with E-state index >= 15 is 0 Å². The number of allylic oxidation sites excluding steroid dienone is 4. The first-order valence-electron chi connectivity index (χ1n) is 18.8. The Kier molecular flexibility index (Phi) is 7.77. The Balaban J connectivity index is 1.29. The average Bonchev–Trinajstić information content (AvgIpc) is 3.60. The van der Waals surface area contributed by atoms with E-state index in [1.54, 1.807) is 0 Å². The molecule has 6 aromatic carbocycles. The zero-order valence-electron chi connectivity index (χ0n) is 29.5. The van der Waals surface area contributed by atoms with E-state index in [-0.39, 0.29) is 5.92 Å². The van der Waals surface area contributed by atoms with Crippen LogP contribution < -0.4 is 20.2 Å². The maximum Gasteiger partial charge on any atom is 0.0355 e. The van der Waals surface area contributed by atoms with Gasteiger partial charge in [-0.3, -0.25) is 0 Å². The molecule has 0 saturated carbocycles. The van der Waals surface area contributed by atoms with Crippen molar-refractivity contribution in [3.05, 3.63) is 183 Å². The summed E-state index contributed by atoms with van der Waals surface area (Å²) in [4.78, 5) is 0. The minimum Gasteiger partial charge on any atom is -0.136 e. The molecule has 250 valence electrons. The fourth-order valence-corrected chi connectivity index (χ4v) is 10.2. The van der Waals surface area contributed by atoms with E-state index in [0.717, 1.165) is 25.7 Å². The molecule has 1 aromatic heterocycles. The highest BCUT2D eigenvalue weighted by atomic mass is 32.1. The molecule has 1 heterocycles. The third-order valence-electron chi connectivity index (χ3n) is 11.5. The second-order valence-electron chi connectivity index (χ2n) is 14.6. The summed E-state index contributed by atoms with van der Waals surface area (Å²) >= 11 is 1.94. The van der Waals surface area contributed by atoms with Crippen LogP contribution >= 0.6 is 11.3 Å². The molecule has 0 bridgehead atoms. The quantitative estimate of drug-likeness (QED) is 0.169. The van der Waals surface area contributed by atoms with Crippen LogP contribution in [0.4, 0.5) is 0 Å². The van der Waals surface area contributed by atoms with Gasteiger partial charge in [-0.25, -0.2) is 0 Å². The van der Waals surface area contributed by atoms with Crippen LogP contribution in [0.5, 0.6) is 0 Å². The lowest BCUT2D eigenvalue weighted by Gasteiger charge is -2.28. The zero-order valence-corrected chi connectivity index (χ0v) is 30.3. The minimum atomic E-state index is 0.263. The van der Waals surface area contributed by atoms with Gasteiger partial charge in [-0.05, 0) is 121 Å². The van der Waals surface area contributed by atoms with Crippen molar-refractivity contribution in [1.29, 1.82) is 0 Å². The molecule has 0 amide bonds. The van der Waals surface area contributed by atoms with Gasteiger partial charge in [0, 0.05) is 25.8 Å². The van der Waals surface area contributed by atoms with E-state index in [9.17, 15) is 0 Å². The zero-order chi connectivity index (χ0) is 34.6. The number of hydrogen-bond donors (Lipinski definition) is 0. The second-order valence-corrected chi connectivity index (χ2v) is 15.7. The molecule has 52 heavy (non-hydrogen) atoms. The van der Waals surface area contributed by atoms with E-state index < -0.39 is 0 Å². The maximum atomic E-state index is 2.56. The summed E-state index contributed by atoms with van der Waals surface area (Å²) in [5, 5.41) is 8.40. The fourth-order valence-electron chi connectivity index (χ4n) is 9.01. The first kappa shape index (κ1) is 31.3. The van der Waals surface area contributed by atoms with Gasteiger partial charge in [-0.15, -0.1) is 11.3 Å². The van der Waals surface area contributed by atoms with Crippen LogP contribution in [0.1, 0.15) is 55.2 Å². The first-order valence-corrected chi connectivity index (χ1v) is 19.7. The summed E-state index contributed by atoms with van der Waals surface area (Å²) in [6, 6.07) is 47.5. The van der Waals surface area contributed by atoms with E-state index in [4.69, 9.17) is 0 Å². The Bertz CT molecular complexity index is 2850. The third kappa shape index (κ3) is 5.26. The van der Waals surface area contributed by atoms with Crippen LogP contribution in [0, 0.1) is 5.92 Å². The highest BCUT2D eigenvalue weighted by Crippen LogP contribution is 2.40. The SMILES string of the molecule is C[C@@H]1C=CC(c2ccccc2)=CC1c1c2c(c(-c3cccc(-c4ccccc4)c3)c3cc(C4=c5c(sc6ccccc56)=CCC4)ccc13)=CCCC=2. The molecule has 1 unspecified atom stereocenters. The number of hydrogen-bond acceptors (Lipinski definition) is 1. The number of rotatable bonds is 5. The average molecular weight is 685 g/mol. The molecule has 3 aliphatic rings. The summed E-state index contributed by atoms with van der Waals surface area (Å²) in [5.41, 5.74) is 12.1. The normalized spacial score (nSPS) is 17.9. The molecule has 0 nitrogen and oxygen atoms in total. The minimum absolute atomic E-state index is 0.263. The van der Waals surface area contributed by atoms with Gasteiger partial charge >= 0.3 is 0 Å². The summed E-state index contributed by atoms with van der Waals surface area (Å²) in [6.07, 6.45) is 19.1. The van der Waals surface area contributed by atoms with E-state index in [1.807, 2.05) is 11.3 Å². The fraction of sp³-hybridized carbons (Fsp3) is 0.137. The summed E-state index contributed by atoms with van der Waals surface area (Å²) in [6.45, 7) is 2.40. The highest BCUT2D eigenvalue weighted by Gasteiger charge is 2.26. The molecule has 0 saturated heterocycles. The Morgan fingerprint density at radius 2 is 1.29 bits per heavy atom. The maximum absolute atomic E-state index is 2.56. The second kappa shape index (κ2) is 12.9. The predicted molar refractivity (Wildman–Crippen MR) is 225 cm³/mol. The first-order chi connectivity index (χ1) is 25.7. The number of benzene rings is 6. The van der Waals surface area contributed by atoms with Crippen molar-refractivity contribution in [2.45, 2.75) is 38.5 Å². The van der Waals surface area contributed by atoms with Gasteiger partial charge in [0.2, 0.25) is 0 Å². The van der Waals surface area contributed by atoms with Crippen LogP contribution in [0.2, 0.25) is 0 Å². The van der Waals surface area contributed by atoms with Crippen molar-refractivity contribution in [3.63, 3.8) is 0 Å². The lowest BCUT2D eigenvalue weighted by Crippen LogP contribution is -2.35. The predicted octanol–water partition coefficient (Wildman–Crippen LogP) is 10.9. The summed E-state index contributed by atoms with van der Waals surface area (Å²) in [5.74, 6) is 0.643. The molecule has 0 fully saturated rings. The molecule has 1 heteroatoms. The van der Waals surface area contributed by atoms with Gasteiger partial charge in [0.15, 0.2) is 0 Å². The van der Waals surface area contributed by atoms with E-state index in [2.05, 4.69) is 171 Å². The van der Waals surface area contributed by atoms with Gasteiger partial charge in [0.25, 0.3) is 0 Å². The van der Waals surface area contributed by atoms with Gasteiger partial charge in [-0.1, -0.05) is 153 Å². The molecule has 7 aromatic rings. The Hall–Kier alpha value is -5.50. The number of thiophene rings is 1. The molecule has 2 atom stereocenters. The van der Waals surface area contributed by atoms with Gasteiger partial charge < -0.3 is 0 Å². The lowest BCUT2D eigenvalue weighted by molar-refractivity contribution is 0.638. The van der Waals surface area contributed by atoms with Crippen molar-refractivity contribution < 1.29 is 0 Å². The van der Waals surface area contributed by atoms with E-state index in [0.29, 0.717) is 5.92 Å². The molecular weight excluding hydrogens is 645 g/mol. The molecular formula is C51H40S. The summed E-state index contributed by atoms with van der Waals surface area (Å²) < 4.78 is 2.80. The van der Waals surface area contributed by atoms with Crippen molar-refractivity contribution >= 4 is 61.6 Å². The Morgan fingerprint density at radius 3 is 2.13 bits per heavy atom. The van der Waals surface area contributed by atoms with Gasteiger partial charge in [0.1, 0.15) is 0 Å². The Labute approximate surface area is 309 Å².